The Hall–Kier alpha value is -3.04. The lowest BCUT2D eigenvalue weighted by atomic mass is 10.1. The van der Waals surface area contributed by atoms with Crippen molar-refractivity contribution in [1.29, 1.82) is 0 Å². The minimum atomic E-state index is -0.714. The van der Waals surface area contributed by atoms with Gasteiger partial charge in [0, 0.05) is 30.9 Å². The summed E-state index contributed by atoms with van der Waals surface area (Å²) < 4.78 is 17.2. The Kier molecular flexibility index (Phi) is 27.3. The van der Waals surface area contributed by atoms with E-state index in [2.05, 4.69) is 19.2 Å². The number of ether oxygens (including phenoxy) is 3. The van der Waals surface area contributed by atoms with Crippen LogP contribution in [-0.2, 0) is 30.3 Å². The van der Waals surface area contributed by atoms with E-state index in [1.165, 1.54) is 88.8 Å². The number of hydrogen-bond acceptors (Lipinski definition) is 8. The molecule has 8 nitrogen and oxygen atoms in total. The number of carbonyl (C=O) groups is 3. The van der Waals surface area contributed by atoms with Crippen LogP contribution in [0.1, 0.15) is 148 Å². The summed E-state index contributed by atoms with van der Waals surface area (Å²) in [4.78, 5) is 38.0. The third kappa shape index (κ3) is 24.8. The molecule has 2 aromatic carbocycles. The van der Waals surface area contributed by atoms with Gasteiger partial charge in [0.2, 0.25) is 5.91 Å². The Labute approximate surface area is 325 Å². The van der Waals surface area contributed by atoms with E-state index in [0.717, 1.165) is 55.6 Å². The molecule has 2 aromatic rings. The van der Waals surface area contributed by atoms with E-state index in [1.54, 1.807) is 0 Å². The maximum Gasteiger partial charge on any atom is 0.306 e. The Bertz CT molecular complexity index is 1210. The minimum Gasteiger partial charge on any atom is -0.462 e. The molecule has 53 heavy (non-hydrogen) atoms. The number of amides is 1. The Morgan fingerprint density at radius 3 is 1.72 bits per heavy atom. The first-order chi connectivity index (χ1) is 25.9. The number of benzene rings is 2. The normalized spacial score (nSPS) is 12.2. The largest absolute Gasteiger partial charge is 0.462 e. The van der Waals surface area contributed by atoms with Gasteiger partial charge in [-0.05, 0) is 49.1 Å². The maximum absolute atomic E-state index is 12.7. The van der Waals surface area contributed by atoms with Crippen LogP contribution in [0.15, 0.2) is 54.6 Å². The van der Waals surface area contributed by atoms with Gasteiger partial charge in [0.1, 0.15) is 24.2 Å². The number of esters is 2. The summed E-state index contributed by atoms with van der Waals surface area (Å²) in [6, 6.07) is 16.7. The summed E-state index contributed by atoms with van der Waals surface area (Å²) in [5.74, 6) is 1.53. The van der Waals surface area contributed by atoms with Crippen molar-refractivity contribution in [3.8, 4) is 11.5 Å². The van der Waals surface area contributed by atoms with E-state index in [4.69, 9.17) is 19.9 Å². The summed E-state index contributed by atoms with van der Waals surface area (Å²) in [5, 5.41) is 2.93. The highest BCUT2D eigenvalue weighted by Crippen LogP contribution is 2.21. The van der Waals surface area contributed by atoms with Crippen LogP contribution in [0, 0.1) is 0 Å². The van der Waals surface area contributed by atoms with Crippen molar-refractivity contribution in [1.82, 2.24) is 5.32 Å². The molecule has 0 fully saturated rings. The SMILES string of the molecule is CCCCCCCCCCCC(=O)OC[C@H](CSC[C@@H](N)C(=O)NCCc1ccc(Oc2ccccc2)cc1)OC(=O)CCCCCCCCCCC. The number of rotatable bonds is 33. The number of nitrogens with one attached hydrogen (secondary N) is 1. The zero-order chi connectivity index (χ0) is 38.2. The minimum absolute atomic E-state index is 0.0172. The second kappa shape index (κ2) is 31.3. The molecule has 0 aliphatic carbocycles. The van der Waals surface area contributed by atoms with Crippen molar-refractivity contribution in [2.45, 2.75) is 161 Å². The predicted molar refractivity (Wildman–Crippen MR) is 219 cm³/mol. The molecule has 0 aromatic heterocycles. The van der Waals surface area contributed by atoms with Gasteiger partial charge in [0.05, 0.1) is 6.04 Å². The molecule has 2 atom stereocenters. The number of hydrogen-bond donors (Lipinski definition) is 2. The summed E-state index contributed by atoms with van der Waals surface area (Å²) in [6.45, 7) is 4.94. The van der Waals surface area contributed by atoms with Crippen LogP contribution in [0.5, 0.6) is 11.5 Å². The van der Waals surface area contributed by atoms with Crippen molar-refractivity contribution in [2.75, 3.05) is 24.7 Å². The number of para-hydroxylation sites is 1. The standard InChI is InChI=1S/C44H70N2O6S/c1-3-5-7-9-11-13-15-17-22-26-42(47)50-34-40(52-43(48)27-23-18-16-14-12-10-8-6-4-2)35-53-36-41(45)44(49)46-33-32-37-28-30-39(31-29-37)51-38-24-20-19-21-25-38/h19-21,24-25,28-31,40-41H,3-18,22-23,26-27,32-36,45H2,1-2H3,(H,46,49)/t40-,41-/m1/s1. The van der Waals surface area contributed by atoms with Crippen LogP contribution < -0.4 is 15.8 Å². The highest BCUT2D eigenvalue weighted by Gasteiger charge is 2.20. The van der Waals surface area contributed by atoms with Crippen LogP contribution in [0.4, 0.5) is 0 Å². The topological polar surface area (TPSA) is 117 Å². The maximum atomic E-state index is 12.7. The predicted octanol–water partition coefficient (Wildman–Crippen LogP) is 10.5. The first-order valence-corrected chi connectivity index (χ1v) is 21.8. The zero-order valence-electron chi connectivity index (χ0n) is 33.0. The van der Waals surface area contributed by atoms with Crippen LogP contribution in [0.25, 0.3) is 0 Å². The smallest absolute Gasteiger partial charge is 0.306 e. The van der Waals surface area contributed by atoms with Gasteiger partial charge < -0.3 is 25.3 Å². The van der Waals surface area contributed by atoms with Crippen LogP contribution in [-0.4, -0.2) is 54.6 Å². The van der Waals surface area contributed by atoms with E-state index in [1.807, 2.05) is 54.6 Å². The molecule has 0 aliphatic heterocycles. The molecule has 0 heterocycles. The fourth-order valence-corrected chi connectivity index (χ4v) is 6.96. The van der Waals surface area contributed by atoms with E-state index < -0.39 is 12.1 Å². The molecular weight excluding hydrogens is 685 g/mol. The lowest BCUT2D eigenvalue weighted by Gasteiger charge is -2.19. The summed E-state index contributed by atoms with van der Waals surface area (Å²) in [6.07, 6.45) is 22.0. The van der Waals surface area contributed by atoms with Gasteiger partial charge in [0.25, 0.3) is 0 Å². The number of thioether (sulfide) groups is 1. The molecule has 0 radical (unpaired) electrons. The van der Waals surface area contributed by atoms with Gasteiger partial charge in [-0.15, -0.1) is 0 Å². The van der Waals surface area contributed by atoms with Gasteiger partial charge in [-0.3, -0.25) is 14.4 Å². The van der Waals surface area contributed by atoms with Crippen molar-refractivity contribution >= 4 is 29.6 Å². The molecule has 0 spiro atoms. The summed E-state index contributed by atoms with van der Waals surface area (Å²) in [7, 11) is 0. The first-order valence-electron chi connectivity index (χ1n) is 20.7. The lowest BCUT2D eigenvalue weighted by Crippen LogP contribution is -2.43. The van der Waals surface area contributed by atoms with E-state index in [9.17, 15) is 14.4 Å². The van der Waals surface area contributed by atoms with Crippen LogP contribution in [0.3, 0.4) is 0 Å². The van der Waals surface area contributed by atoms with Crippen LogP contribution in [0.2, 0.25) is 0 Å². The van der Waals surface area contributed by atoms with Crippen LogP contribution >= 0.6 is 11.8 Å². The van der Waals surface area contributed by atoms with E-state index in [-0.39, 0.29) is 24.5 Å². The molecule has 0 bridgehead atoms. The molecule has 1 amide bonds. The molecule has 298 valence electrons. The zero-order valence-corrected chi connectivity index (χ0v) is 33.8. The third-order valence-corrected chi connectivity index (χ3v) is 10.5. The molecule has 0 aliphatic rings. The number of unbranched alkanes of at least 4 members (excludes halogenated alkanes) is 16. The summed E-state index contributed by atoms with van der Waals surface area (Å²) in [5.41, 5.74) is 7.29. The average molecular weight is 755 g/mol. The Morgan fingerprint density at radius 2 is 1.15 bits per heavy atom. The molecule has 0 unspecified atom stereocenters. The fraction of sp³-hybridized carbons (Fsp3) is 0.659. The second-order valence-corrected chi connectivity index (χ2v) is 15.3. The van der Waals surface area contributed by atoms with Gasteiger partial charge in [-0.1, -0.05) is 147 Å². The van der Waals surface area contributed by atoms with Crippen molar-refractivity contribution < 1.29 is 28.6 Å². The van der Waals surface area contributed by atoms with Gasteiger partial charge in [0.15, 0.2) is 0 Å². The number of nitrogens with two attached hydrogens (primary N) is 1. The van der Waals surface area contributed by atoms with Crippen molar-refractivity contribution in [3.63, 3.8) is 0 Å². The van der Waals surface area contributed by atoms with Crippen molar-refractivity contribution in [2.24, 2.45) is 5.73 Å². The Balaban J connectivity index is 1.70. The molecule has 2 rings (SSSR count). The van der Waals surface area contributed by atoms with Gasteiger partial charge >= 0.3 is 11.9 Å². The van der Waals surface area contributed by atoms with Gasteiger partial charge in [-0.25, -0.2) is 0 Å². The molecule has 9 heteroatoms. The fourth-order valence-electron chi connectivity index (χ4n) is 5.99. The molecule has 0 saturated carbocycles. The van der Waals surface area contributed by atoms with Crippen molar-refractivity contribution in [3.05, 3.63) is 60.2 Å². The van der Waals surface area contributed by atoms with E-state index >= 15 is 0 Å². The lowest BCUT2D eigenvalue weighted by molar-refractivity contribution is -0.157. The van der Waals surface area contributed by atoms with Gasteiger partial charge in [-0.2, -0.15) is 11.8 Å². The quantitative estimate of drug-likeness (QED) is 0.0546. The monoisotopic (exact) mass is 754 g/mol. The summed E-state index contributed by atoms with van der Waals surface area (Å²) >= 11 is 1.43. The molecule has 0 saturated heterocycles. The first kappa shape index (κ1) is 46.1. The van der Waals surface area contributed by atoms with E-state index in [0.29, 0.717) is 37.3 Å². The highest BCUT2D eigenvalue weighted by molar-refractivity contribution is 7.99. The molecular formula is C44H70N2O6S. The highest BCUT2D eigenvalue weighted by atomic mass is 32.2. The second-order valence-electron chi connectivity index (χ2n) is 14.2. The number of carbonyl (C=O) groups excluding carboxylic acids is 3. The third-order valence-electron chi connectivity index (χ3n) is 9.25. The Morgan fingerprint density at radius 1 is 0.642 bits per heavy atom. The molecule has 3 N–H and O–H groups in total. The average Bonchev–Trinajstić information content (AvgIpc) is 3.16.